The van der Waals surface area contributed by atoms with Gasteiger partial charge in [0.25, 0.3) is 11.8 Å². The fourth-order valence-corrected chi connectivity index (χ4v) is 2.64. The summed E-state index contributed by atoms with van der Waals surface area (Å²) in [4.78, 5) is 18.1. The van der Waals surface area contributed by atoms with Crippen LogP contribution in [-0.4, -0.2) is 34.5 Å². The van der Waals surface area contributed by atoms with Crippen molar-refractivity contribution in [3.8, 4) is 5.75 Å². The lowest BCUT2D eigenvalue weighted by Gasteiger charge is -2.16. The van der Waals surface area contributed by atoms with E-state index >= 15 is 0 Å². The van der Waals surface area contributed by atoms with Gasteiger partial charge in [-0.25, -0.2) is 0 Å². The van der Waals surface area contributed by atoms with Crippen molar-refractivity contribution in [3.63, 3.8) is 0 Å². The number of hydrogen-bond acceptors (Lipinski definition) is 5. The lowest BCUT2D eigenvalue weighted by atomic mass is 10.1. The molecule has 0 fully saturated rings. The van der Waals surface area contributed by atoms with Crippen molar-refractivity contribution in [3.05, 3.63) is 76.9 Å². The second-order valence-corrected chi connectivity index (χ2v) is 6.76. The van der Waals surface area contributed by atoms with Gasteiger partial charge in [-0.3, -0.25) is 4.79 Å². The van der Waals surface area contributed by atoms with Crippen molar-refractivity contribution in [2.45, 2.75) is 26.1 Å². The molecule has 0 aliphatic rings. The first-order valence-electron chi connectivity index (χ1n) is 9.16. The molecular formula is C21H20F3N3O3. The van der Waals surface area contributed by atoms with E-state index in [1.807, 2.05) is 19.1 Å². The molecule has 2 aromatic carbocycles. The molecule has 6 nitrogen and oxygen atoms in total. The summed E-state index contributed by atoms with van der Waals surface area (Å²) in [6, 6.07) is 11.8. The fraction of sp³-hybridized carbons (Fsp3) is 0.286. The second kappa shape index (κ2) is 8.98. The molecule has 0 saturated carbocycles. The predicted octanol–water partition coefficient (Wildman–Crippen LogP) is 4.29. The molecule has 3 aromatic rings. The molecule has 0 bridgehead atoms. The maximum atomic E-state index is 12.7. The minimum absolute atomic E-state index is 0.0491. The van der Waals surface area contributed by atoms with Gasteiger partial charge >= 0.3 is 6.18 Å². The van der Waals surface area contributed by atoms with Crippen LogP contribution < -0.4 is 4.74 Å². The Labute approximate surface area is 171 Å². The van der Waals surface area contributed by atoms with E-state index in [9.17, 15) is 18.0 Å². The lowest BCUT2D eigenvalue weighted by Crippen LogP contribution is -2.29. The number of carbonyl (C=O) groups excluding carboxylic acids is 1. The van der Waals surface area contributed by atoms with E-state index in [-0.39, 0.29) is 24.2 Å². The van der Waals surface area contributed by atoms with Crippen LogP contribution in [-0.2, 0) is 19.2 Å². The van der Waals surface area contributed by atoms with Gasteiger partial charge in [0.1, 0.15) is 5.75 Å². The predicted molar refractivity (Wildman–Crippen MR) is 102 cm³/mol. The highest BCUT2D eigenvalue weighted by Crippen LogP contribution is 2.31. The number of ether oxygens (including phenoxy) is 1. The van der Waals surface area contributed by atoms with Gasteiger partial charge in [-0.05, 0) is 37.3 Å². The third kappa shape index (κ3) is 5.59. The van der Waals surface area contributed by atoms with Crippen molar-refractivity contribution in [2.24, 2.45) is 0 Å². The number of hydrogen-bond donors (Lipinski definition) is 0. The Kier molecular flexibility index (Phi) is 6.39. The molecule has 0 saturated heterocycles. The number of carbonyl (C=O) groups is 1. The van der Waals surface area contributed by atoms with E-state index < -0.39 is 11.7 Å². The topological polar surface area (TPSA) is 68.5 Å². The van der Waals surface area contributed by atoms with E-state index in [2.05, 4.69) is 10.1 Å². The Morgan fingerprint density at radius 3 is 2.60 bits per heavy atom. The van der Waals surface area contributed by atoms with Gasteiger partial charge in [0, 0.05) is 25.6 Å². The van der Waals surface area contributed by atoms with Gasteiger partial charge in [-0.1, -0.05) is 28.9 Å². The van der Waals surface area contributed by atoms with Crippen LogP contribution in [0.4, 0.5) is 13.2 Å². The van der Waals surface area contributed by atoms with E-state index in [1.54, 1.807) is 24.1 Å². The van der Waals surface area contributed by atoms with E-state index in [0.717, 1.165) is 17.7 Å². The summed E-state index contributed by atoms with van der Waals surface area (Å²) in [6.07, 6.45) is -4.08. The number of aryl methyl sites for hydroxylation is 1. The molecule has 0 aliphatic heterocycles. The van der Waals surface area contributed by atoms with E-state index in [1.165, 1.54) is 12.1 Å². The van der Waals surface area contributed by atoms with E-state index in [0.29, 0.717) is 24.4 Å². The fourth-order valence-electron chi connectivity index (χ4n) is 2.64. The van der Waals surface area contributed by atoms with Crippen molar-refractivity contribution >= 4 is 5.91 Å². The first kappa shape index (κ1) is 21.4. The van der Waals surface area contributed by atoms with Crippen LogP contribution in [0.2, 0.25) is 0 Å². The molecule has 1 heterocycles. The summed E-state index contributed by atoms with van der Waals surface area (Å²) in [7, 11) is 1.68. The SMILES string of the molecule is Cc1ccc(C(=O)N(C)CCc2noc(COc3cccc(C(F)(F)F)c3)n2)cc1. The van der Waals surface area contributed by atoms with Crippen molar-refractivity contribution in [1.29, 1.82) is 0 Å². The minimum atomic E-state index is -4.45. The molecule has 3 rings (SSSR count). The van der Waals surface area contributed by atoms with Crippen molar-refractivity contribution < 1.29 is 27.2 Å². The Bertz CT molecular complexity index is 1000. The molecule has 0 spiro atoms. The maximum Gasteiger partial charge on any atom is 0.416 e. The second-order valence-electron chi connectivity index (χ2n) is 6.76. The van der Waals surface area contributed by atoms with Gasteiger partial charge in [-0.15, -0.1) is 0 Å². The van der Waals surface area contributed by atoms with Crippen molar-refractivity contribution in [2.75, 3.05) is 13.6 Å². The molecule has 0 unspecified atom stereocenters. The minimum Gasteiger partial charge on any atom is -0.484 e. The van der Waals surface area contributed by atoms with Crippen LogP contribution in [0.25, 0.3) is 0 Å². The maximum absolute atomic E-state index is 12.7. The number of alkyl halides is 3. The number of nitrogens with zero attached hydrogens (tertiary/aromatic N) is 3. The van der Waals surface area contributed by atoms with Gasteiger partial charge in [0.2, 0.25) is 0 Å². The Balaban J connectivity index is 1.51. The van der Waals surface area contributed by atoms with Gasteiger partial charge in [-0.2, -0.15) is 18.2 Å². The highest BCUT2D eigenvalue weighted by Gasteiger charge is 2.30. The molecular weight excluding hydrogens is 399 g/mol. The summed E-state index contributed by atoms with van der Waals surface area (Å²) in [6.45, 7) is 2.16. The Morgan fingerprint density at radius 2 is 1.90 bits per heavy atom. The number of amides is 1. The van der Waals surface area contributed by atoms with Gasteiger partial charge < -0.3 is 14.2 Å². The van der Waals surface area contributed by atoms with Gasteiger partial charge in [0.15, 0.2) is 12.4 Å². The van der Waals surface area contributed by atoms with Crippen LogP contribution >= 0.6 is 0 Å². The molecule has 9 heteroatoms. The molecule has 0 aliphatic carbocycles. The van der Waals surface area contributed by atoms with Gasteiger partial charge in [0.05, 0.1) is 5.56 Å². The van der Waals surface area contributed by atoms with Crippen LogP contribution in [0.3, 0.4) is 0 Å². The molecule has 0 atom stereocenters. The third-order valence-electron chi connectivity index (χ3n) is 4.35. The number of benzene rings is 2. The zero-order valence-corrected chi connectivity index (χ0v) is 16.4. The highest BCUT2D eigenvalue weighted by atomic mass is 19.4. The summed E-state index contributed by atoms with van der Waals surface area (Å²) >= 11 is 0. The van der Waals surface area contributed by atoms with E-state index in [4.69, 9.17) is 9.26 Å². The standard InChI is InChI=1S/C21H20F3N3O3/c1-14-6-8-15(9-7-14)20(28)27(2)11-10-18-25-19(30-26-18)13-29-17-5-3-4-16(12-17)21(22,23)24/h3-9,12H,10-11,13H2,1-2H3. The molecule has 158 valence electrons. The molecule has 1 amide bonds. The quantitative estimate of drug-likeness (QED) is 0.572. The normalized spacial score (nSPS) is 11.4. The average molecular weight is 419 g/mol. The highest BCUT2D eigenvalue weighted by molar-refractivity contribution is 5.94. The number of likely N-dealkylation sites (N-methyl/N-ethyl adjacent to an activating group) is 1. The number of rotatable bonds is 7. The summed E-state index contributed by atoms with van der Waals surface area (Å²) in [5, 5.41) is 3.82. The number of halogens is 3. The summed E-state index contributed by atoms with van der Waals surface area (Å²) in [5.41, 5.74) is 0.861. The summed E-state index contributed by atoms with van der Waals surface area (Å²) < 4.78 is 48.6. The van der Waals surface area contributed by atoms with Crippen LogP contribution in [0.5, 0.6) is 5.75 Å². The smallest absolute Gasteiger partial charge is 0.416 e. The van der Waals surface area contributed by atoms with Crippen LogP contribution in [0.15, 0.2) is 53.1 Å². The Morgan fingerprint density at radius 1 is 1.17 bits per heavy atom. The Hall–Kier alpha value is -3.36. The number of aromatic nitrogens is 2. The third-order valence-corrected chi connectivity index (χ3v) is 4.35. The largest absolute Gasteiger partial charge is 0.484 e. The molecule has 1 aromatic heterocycles. The average Bonchev–Trinajstić information content (AvgIpc) is 3.18. The molecule has 0 N–H and O–H groups in total. The first-order valence-corrected chi connectivity index (χ1v) is 9.16. The zero-order chi connectivity index (χ0) is 21.7. The zero-order valence-electron chi connectivity index (χ0n) is 16.4. The lowest BCUT2D eigenvalue weighted by molar-refractivity contribution is -0.137. The molecule has 30 heavy (non-hydrogen) atoms. The first-order chi connectivity index (χ1) is 14.2. The van der Waals surface area contributed by atoms with Crippen LogP contribution in [0, 0.1) is 6.92 Å². The monoisotopic (exact) mass is 419 g/mol. The molecule has 0 radical (unpaired) electrons. The summed E-state index contributed by atoms with van der Waals surface area (Å²) in [5.74, 6) is 0.440. The van der Waals surface area contributed by atoms with Crippen LogP contribution in [0.1, 0.15) is 33.2 Å². The van der Waals surface area contributed by atoms with Crippen molar-refractivity contribution in [1.82, 2.24) is 15.0 Å².